The lowest BCUT2D eigenvalue weighted by Crippen LogP contribution is -2.65. The summed E-state index contributed by atoms with van der Waals surface area (Å²) < 4.78 is 0. The summed E-state index contributed by atoms with van der Waals surface area (Å²) in [5.41, 5.74) is 6.19. The monoisotopic (exact) mass is 409 g/mol. The number of hydrogen-bond donors (Lipinski definition) is 3. The number of fused-ring (bicyclic) bond motifs is 1. The summed E-state index contributed by atoms with van der Waals surface area (Å²) in [7, 11) is 1.46. The zero-order chi connectivity index (χ0) is 21.0. The third-order valence-corrected chi connectivity index (χ3v) is 5.20. The van der Waals surface area contributed by atoms with Crippen molar-refractivity contribution in [1.29, 1.82) is 0 Å². The number of anilines is 1. The summed E-state index contributed by atoms with van der Waals surface area (Å²) in [6, 6.07) is 15.2. The van der Waals surface area contributed by atoms with Crippen molar-refractivity contribution < 1.29 is 14.4 Å². The molecule has 0 aliphatic carbocycles. The molecule has 3 rings (SSSR count). The van der Waals surface area contributed by atoms with Gasteiger partial charge in [0, 0.05) is 16.9 Å². The summed E-state index contributed by atoms with van der Waals surface area (Å²) in [6.07, 6.45) is 1.75. The number of thiol groups is 1. The normalized spacial score (nSPS) is 19.8. The van der Waals surface area contributed by atoms with Crippen LogP contribution in [-0.4, -0.2) is 54.7 Å². The molecule has 2 unspecified atom stereocenters. The number of hydrogen-bond acceptors (Lipinski definition) is 7. The lowest BCUT2D eigenvalue weighted by Gasteiger charge is -2.32. The van der Waals surface area contributed by atoms with E-state index < -0.39 is 23.4 Å². The molecule has 1 radical (unpaired) electrons. The predicted molar refractivity (Wildman–Crippen MR) is 115 cm³/mol. The molecule has 1 heterocycles. The number of benzene rings is 2. The predicted octanol–water partition coefficient (Wildman–Crippen LogP) is 0.722. The molecule has 3 N–H and O–H groups in total. The van der Waals surface area contributed by atoms with Gasteiger partial charge >= 0.3 is 0 Å². The number of likely N-dealkylation sites (N-methyl/N-ethyl adjacent to an activating group) is 1. The quantitative estimate of drug-likeness (QED) is 0.462. The average molecular weight is 409 g/mol. The minimum Gasteiger partial charge on any atom is -0.321 e. The maximum Gasteiger partial charge on any atom is 0.278 e. The number of nitrogens with one attached hydrogen (secondary N) is 1. The summed E-state index contributed by atoms with van der Waals surface area (Å²) in [4.78, 5) is 43.9. The van der Waals surface area contributed by atoms with E-state index in [1.54, 1.807) is 30.6 Å². The first-order chi connectivity index (χ1) is 14.0. The first kappa shape index (κ1) is 20.9. The molecule has 0 fully saturated rings. The molecule has 1 amide bonds. The number of rotatable bonds is 7. The van der Waals surface area contributed by atoms with Crippen molar-refractivity contribution in [2.75, 3.05) is 24.2 Å². The minimum atomic E-state index is -2.00. The van der Waals surface area contributed by atoms with Crippen molar-refractivity contribution in [3.05, 3.63) is 65.7 Å². The van der Waals surface area contributed by atoms with Crippen molar-refractivity contribution in [3.63, 3.8) is 0 Å². The standard InChI is InChI=1S/C21H21N4O3S/c1-23-21(19(27)16(22)13-29)20(28)25(11-12-26)17-10-6-5-9-15(17)18(24-21)14-7-3-2-4-8-14/h2-10,16,23,29H,11,13,22H2,1H3. The van der Waals surface area contributed by atoms with E-state index in [-0.39, 0.29) is 12.3 Å². The van der Waals surface area contributed by atoms with Gasteiger partial charge in [0.05, 0.1) is 24.0 Å². The van der Waals surface area contributed by atoms with E-state index in [0.29, 0.717) is 17.0 Å². The Kier molecular flexibility index (Phi) is 6.26. The molecule has 2 atom stereocenters. The molecule has 29 heavy (non-hydrogen) atoms. The highest BCUT2D eigenvalue weighted by molar-refractivity contribution is 7.80. The number of amides is 1. The van der Waals surface area contributed by atoms with Gasteiger partial charge in [0.2, 0.25) is 12.1 Å². The van der Waals surface area contributed by atoms with Crippen LogP contribution in [0, 0.1) is 0 Å². The molecule has 2 aromatic rings. The first-order valence-corrected chi connectivity index (χ1v) is 9.64. The largest absolute Gasteiger partial charge is 0.321 e. The van der Waals surface area contributed by atoms with Crippen LogP contribution in [0.1, 0.15) is 11.1 Å². The summed E-state index contributed by atoms with van der Waals surface area (Å²) >= 11 is 4.10. The maximum atomic E-state index is 13.6. The Bertz CT molecular complexity index is 963. The van der Waals surface area contributed by atoms with Crippen LogP contribution in [0.15, 0.2) is 59.6 Å². The molecule has 2 aromatic carbocycles. The van der Waals surface area contributed by atoms with Gasteiger partial charge in [-0.15, -0.1) is 0 Å². The highest BCUT2D eigenvalue weighted by atomic mass is 32.1. The molecular weight excluding hydrogens is 388 g/mol. The minimum absolute atomic E-state index is 0.0402. The summed E-state index contributed by atoms with van der Waals surface area (Å²) in [6.45, 7) is -0.347. The molecule has 0 bridgehead atoms. The van der Waals surface area contributed by atoms with Gasteiger partial charge in [-0.25, -0.2) is 4.99 Å². The second-order valence-corrected chi connectivity index (χ2v) is 6.86. The van der Waals surface area contributed by atoms with E-state index in [2.05, 4.69) is 22.9 Å². The number of ketones is 1. The van der Waals surface area contributed by atoms with Crippen LogP contribution in [0.3, 0.4) is 0 Å². The van der Waals surface area contributed by atoms with Gasteiger partial charge in [-0.1, -0.05) is 48.5 Å². The van der Waals surface area contributed by atoms with Crippen molar-refractivity contribution in [2.45, 2.75) is 11.7 Å². The van der Waals surface area contributed by atoms with Crippen molar-refractivity contribution in [1.82, 2.24) is 5.32 Å². The molecule has 0 saturated heterocycles. The fourth-order valence-electron chi connectivity index (χ4n) is 3.33. The van der Waals surface area contributed by atoms with E-state index >= 15 is 0 Å². The molecule has 7 nitrogen and oxygen atoms in total. The average Bonchev–Trinajstić information content (AvgIpc) is 2.87. The number of Topliss-reactive ketones (excluding diaryl/α,β-unsaturated/α-hetero) is 1. The third kappa shape index (κ3) is 3.62. The first-order valence-electron chi connectivity index (χ1n) is 9.01. The molecule has 0 aromatic heterocycles. The van der Waals surface area contributed by atoms with Crippen LogP contribution in [0.25, 0.3) is 0 Å². The van der Waals surface area contributed by atoms with Gasteiger partial charge in [0.1, 0.15) is 0 Å². The Morgan fingerprint density at radius 1 is 1.24 bits per heavy atom. The lowest BCUT2D eigenvalue weighted by molar-refractivity contribution is -0.136. The van der Waals surface area contributed by atoms with Gasteiger partial charge < -0.3 is 10.6 Å². The molecule has 0 spiro atoms. The second-order valence-electron chi connectivity index (χ2n) is 6.49. The number of para-hydroxylation sites is 1. The Labute approximate surface area is 174 Å². The van der Waals surface area contributed by atoms with E-state index in [0.717, 1.165) is 5.56 Å². The smallest absolute Gasteiger partial charge is 0.278 e. The van der Waals surface area contributed by atoms with E-state index in [9.17, 15) is 14.4 Å². The van der Waals surface area contributed by atoms with Crippen LogP contribution in [-0.2, 0) is 14.4 Å². The zero-order valence-corrected chi connectivity index (χ0v) is 16.7. The van der Waals surface area contributed by atoms with E-state index in [1.165, 1.54) is 11.9 Å². The van der Waals surface area contributed by atoms with Gasteiger partial charge in [-0.05, 0) is 13.1 Å². The Morgan fingerprint density at radius 3 is 2.52 bits per heavy atom. The highest BCUT2D eigenvalue weighted by Crippen LogP contribution is 2.32. The number of benzodiazepines with no additional fused rings is 1. The molecular formula is C21H21N4O3S. The SMILES string of the molecule is CNC1(C(=O)C(N)CS)N=C(c2ccccc2)c2ccccc2N(C[C]=O)C1=O. The van der Waals surface area contributed by atoms with Gasteiger partial charge in [-0.3, -0.25) is 19.7 Å². The number of nitrogens with zero attached hydrogens (tertiary/aromatic N) is 2. The maximum absolute atomic E-state index is 13.6. The number of carbonyl (C=O) groups excluding carboxylic acids is 3. The van der Waals surface area contributed by atoms with Crippen LogP contribution in [0.4, 0.5) is 5.69 Å². The fraction of sp³-hybridized carbons (Fsp3) is 0.238. The number of nitrogens with two attached hydrogens (primary N) is 1. The Hall–Kier alpha value is -2.81. The van der Waals surface area contributed by atoms with Crippen LogP contribution < -0.4 is 16.0 Å². The number of carbonyl (C=O) groups is 2. The molecule has 1 aliphatic heterocycles. The Morgan fingerprint density at radius 2 is 1.90 bits per heavy atom. The topological polar surface area (TPSA) is 105 Å². The van der Waals surface area contributed by atoms with Gasteiger partial charge in [0.25, 0.3) is 11.6 Å². The van der Waals surface area contributed by atoms with Crippen LogP contribution in [0.5, 0.6) is 0 Å². The fourth-order valence-corrected chi connectivity index (χ4v) is 3.49. The number of aliphatic imine (C=N–C) groups is 1. The molecule has 0 saturated carbocycles. The lowest BCUT2D eigenvalue weighted by atomic mass is 9.97. The van der Waals surface area contributed by atoms with E-state index in [4.69, 9.17) is 5.73 Å². The van der Waals surface area contributed by atoms with E-state index in [1.807, 2.05) is 30.3 Å². The van der Waals surface area contributed by atoms with Crippen LogP contribution >= 0.6 is 12.6 Å². The second kappa shape index (κ2) is 8.69. The van der Waals surface area contributed by atoms with Crippen LogP contribution in [0.2, 0.25) is 0 Å². The van der Waals surface area contributed by atoms with Gasteiger partial charge in [0.15, 0.2) is 0 Å². The molecule has 1 aliphatic rings. The highest BCUT2D eigenvalue weighted by Gasteiger charge is 2.51. The summed E-state index contributed by atoms with van der Waals surface area (Å²) in [5, 5.41) is 2.77. The Balaban J connectivity index is 2.36. The van der Waals surface area contributed by atoms with Gasteiger partial charge in [-0.2, -0.15) is 12.6 Å². The van der Waals surface area contributed by atoms with Crippen molar-refractivity contribution >= 4 is 42.0 Å². The third-order valence-electron chi connectivity index (χ3n) is 4.81. The van der Waals surface area contributed by atoms with Crippen molar-refractivity contribution in [3.8, 4) is 0 Å². The van der Waals surface area contributed by atoms with Crippen molar-refractivity contribution in [2.24, 2.45) is 10.7 Å². The summed E-state index contributed by atoms with van der Waals surface area (Å²) in [5.74, 6) is -1.28. The zero-order valence-electron chi connectivity index (χ0n) is 15.8. The molecule has 8 heteroatoms. The molecule has 149 valence electrons.